The third-order valence-corrected chi connectivity index (χ3v) is 5.42. The van der Waals surface area contributed by atoms with Crippen LogP contribution in [-0.4, -0.2) is 15.0 Å². The van der Waals surface area contributed by atoms with Gasteiger partial charge in [-0.15, -0.1) is 23.1 Å². The first-order valence-corrected chi connectivity index (χ1v) is 9.05. The molecule has 22 heavy (non-hydrogen) atoms. The van der Waals surface area contributed by atoms with Gasteiger partial charge in [0.05, 0.1) is 5.69 Å². The number of aryl methyl sites for hydroxylation is 1. The van der Waals surface area contributed by atoms with Gasteiger partial charge in [-0.25, -0.2) is 15.0 Å². The first-order valence-electron chi connectivity index (χ1n) is 7.12. The molecule has 2 aromatic heterocycles. The van der Waals surface area contributed by atoms with Crippen molar-refractivity contribution in [3.05, 3.63) is 64.9 Å². The predicted molar refractivity (Wildman–Crippen MR) is 94.0 cm³/mol. The smallest absolute Gasteiger partial charge is 0.188 e. The highest BCUT2D eigenvalue weighted by Gasteiger charge is 2.10. The van der Waals surface area contributed by atoms with Gasteiger partial charge in [0, 0.05) is 28.8 Å². The van der Waals surface area contributed by atoms with E-state index < -0.39 is 0 Å². The van der Waals surface area contributed by atoms with Gasteiger partial charge >= 0.3 is 0 Å². The fourth-order valence-corrected chi connectivity index (χ4v) is 3.89. The summed E-state index contributed by atoms with van der Waals surface area (Å²) in [5.41, 5.74) is 3.77. The van der Waals surface area contributed by atoms with Crippen molar-refractivity contribution < 1.29 is 0 Å². The number of hydrogen-bond acceptors (Lipinski definition) is 5. The van der Waals surface area contributed by atoms with Gasteiger partial charge in [0.1, 0.15) is 0 Å². The molecule has 0 spiro atoms. The number of rotatable bonds is 5. The molecule has 1 aromatic carbocycles. The highest BCUT2D eigenvalue weighted by Crippen LogP contribution is 2.32. The summed E-state index contributed by atoms with van der Waals surface area (Å²) in [5.74, 6) is 1.61. The molecule has 0 bridgehead atoms. The monoisotopic (exact) mass is 327 g/mol. The second-order valence-corrected chi connectivity index (χ2v) is 7.27. The van der Waals surface area contributed by atoms with Crippen LogP contribution in [0.2, 0.25) is 0 Å². The Hall–Kier alpha value is -1.72. The summed E-state index contributed by atoms with van der Waals surface area (Å²) in [6.45, 7) is 4.38. The quantitative estimate of drug-likeness (QED) is 0.668. The third kappa shape index (κ3) is 3.72. The molecule has 2 heterocycles. The summed E-state index contributed by atoms with van der Waals surface area (Å²) in [6, 6.07) is 10.5. The van der Waals surface area contributed by atoms with E-state index in [4.69, 9.17) is 0 Å². The molecule has 0 aliphatic heterocycles. The Labute approximate surface area is 138 Å². The average molecular weight is 327 g/mol. The maximum absolute atomic E-state index is 4.64. The molecule has 0 amide bonds. The number of thioether (sulfide) groups is 1. The largest absolute Gasteiger partial charge is 0.237 e. The lowest BCUT2D eigenvalue weighted by molar-refractivity contribution is 1.08. The van der Waals surface area contributed by atoms with E-state index in [1.165, 1.54) is 11.1 Å². The highest BCUT2D eigenvalue weighted by atomic mass is 32.2. The zero-order chi connectivity index (χ0) is 15.4. The van der Waals surface area contributed by atoms with Crippen LogP contribution in [0, 0.1) is 6.92 Å². The Bertz CT molecular complexity index is 740. The Morgan fingerprint density at radius 2 is 2.00 bits per heavy atom. The molecule has 0 unspecified atom stereocenters. The van der Waals surface area contributed by atoms with E-state index in [1.54, 1.807) is 23.7 Å². The van der Waals surface area contributed by atoms with Crippen LogP contribution in [0.3, 0.4) is 0 Å². The number of hydrogen-bond donors (Lipinski definition) is 0. The van der Waals surface area contributed by atoms with Crippen molar-refractivity contribution in [2.24, 2.45) is 0 Å². The first-order chi connectivity index (χ1) is 10.7. The van der Waals surface area contributed by atoms with Gasteiger partial charge in [-0.2, -0.15) is 0 Å². The lowest BCUT2D eigenvalue weighted by Crippen LogP contribution is -1.91. The number of aromatic nitrogens is 3. The topological polar surface area (TPSA) is 38.7 Å². The van der Waals surface area contributed by atoms with Crippen LogP contribution in [0.25, 0.3) is 10.8 Å². The molecule has 0 saturated heterocycles. The Kier molecular flexibility index (Phi) is 4.85. The van der Waals surface area contributed by atoms with Gasteiger partial charge in [0.15, 0.2) is 10.8 Å². The molecule has 3 rings (SSSR count). The molecule has 112 valence electrons. The molecule has 0 fully saturated rings. The molecular formula is C17H17N3S2. The zero-order valence-electron chi connectivity index (χ0n) is 12.6. The molecule has 0 radical (unpaired) electrons. The lowest BCUT2D eigenvalue weighted by atomic mass is 10.1. The SMILES string of the molecule is Cc1cccc([C@H](C)SCc2csc(-c3ncccn3)n2)c1. The van der Waals surface area contributed by atoms with Crippen LogP contribution in [0.5, 0.6) is 0 Å². The Balaban J connectivity index is 1.64. The van der Waals surface area contributed by atoms with Gasteiger partial charge in [-0.1, -0.05) is 29.8 Å². The third-order valence-electron chi connectivity index (χ3n) is 3.30. The van der Waals surface area contributed by atoms with E-state index in [1.807, 2.05) is 17.8 Å². The predicted octanol–water partition coefficient (Wildman–Crippen LogP) is 4.90. The lowest BCUT2D eigenvalue weighted by Gasteiger charge is -2.11. The summed E-state index contributed by atoms with van der Waals surface area (Å²) in [4.78, 5) is 13.1. The summed E-state index contributed by atoms with van der Waals surface area (Å²) in [5, 5.41) is 3.44. The number of thiazole rings is 1. The van der Waals surface area contributed by atoms with E-state index in [9.17, 15) is 0 Å². The standard InChI is InChI=1S/C17H17N3S2/c1-12-5-3-6-14(9-12)13(2)21-10-15-11-22-17(20-15)16-18-7-4-8-19-16/h3-9,11,13H,10H2,1-2H3/t13-/m0/s1. The number of benzene rings is 1. The molecule has 3 aromatic rings. The van der Waals surface area contributed by atoms with Crippen molar-refractivity contribution in [2.45, 2.75) is 24.9 Å². The zero-order valence-corrected chi connectivity index (χ0v) is 14.2. The van der Waals surface area contributed by atoms with Crippen LogP contribution in [-0.2, 0) is 5.75 Å². The summed E-state index contributed by atoms with van der Waals surface area (Å²) >= 11 is 3.51. The highest BCUT2D eigenvalue weighted by molar-refractivity contribution is 7.98. The van der Waals surface area contributed by atoms with E-state index >= 15 is 0 Å². The second-order valence-electron chi connectivity index (χ2n) is 5.08. The molecule has 5 heteroatoms. The van der Waals surface area contributed by atoms with E-state index in [2.05, 4.69) is 58.4 Å². The molecule has 3 nitrogen and oxygen atoms in total. The van der Waals surface area contributed by atoms with Gasteiger partial charge in [-0.3, -0.25) is 0 Å². The minimum atomic E-state index is 0.457. The van der Waals surface area contributed by atoms with Crippen molar-refractivity contribution in [3.8, 4) is 10.8 Å². The van der Waals surface area contributed by atoms with Gasteiger partial charge in [0.25, 0.3) is 0 Å². The van der Waals surface area contributed by atoms with Crippen LogP contribution in [0.4, 0.5) is 0 Å². The van der Waals surface area contributed by atoms with E-state index in [-0.39, 0.29) is 0 Å². The average Bonchev–Trinajstić information content (AvgIpc) is 3.02. The van der Waals surface area contributed by atoms with Crippen LogP contribution in [0.15, 0.2) is 48.1 Å². The summed E-state index contributed by atoms with van der Waals surface area (Å²) in [7, 11) is 0. The normalized spacial score (nSPS) is 12.3. The molecular weight excluding hydrogens is 310 g/mol. The van der Waals surface area contributed by atoms with Crippen molar-refractivity contribution in [1.29, 1.82) is 0 Å². The van der Waals surface area contributed by atoms with Gasteiger partial charge in [-0.05, 0) is 25.5 Å². The molecule has 0 aliphatic carbocycles. The Morgan fingerprint density at radius 3 is 2.77 bits per heavy atom. The number of nitrogens with zero attached hydrogens (tertiary/aromatic N) is 3. The van der Waals surface area contributed by atoms with Crippen molar-refractivity contribution >= 4 is 23.1 Å². The van der Waals surface area contributed by atoms with E-state index in [0.29, 0.717) is 11.1 Å². The molecule has 1 atom stereocenters. The molecule has 0 N–H and O–H groups in total. The maximum atomic E-state index is 4.64. The van der Waals surface area contributed by atoms with Gasteiger partial charge < -0.3 is 0 Å². The minimum Gasteiger partial charge on any atom is -0.237 e. The van der Waals surface area contributed by atoms with Crippen molar-refractivity contribution in [1.82, 2.24) is 15.0 Å². The van der Waals surface area contributed by atoms with Crippen molar-refractivity contribution in [2.75, 3.05) is 0 Å². The van der Waals surface area contributed by atoms with Crippen LogP contribution >= 0.6 is 23.1 Å². The summed E-state index contributed by atoms with van der Waals surface area (Å²) < 4.78 is 0. The Morgan fingerprint density at radius 1 is 1.18 bits per heavy atom. The fourth-order valence-electron chi connectivity index (χ4n) is 2.12. The summed E-state index contributed by atoms with van der Waals surface area (Å²) in [6.07, 6.45) is 3.50. The molecule has 0 aliphatic rings. The fraction of sp³-hybridized carbons (Fsp3) is 0.235. The van der Waals surface area contributed by atoms with Crippen LogP contribution in [0.1, 0.15) is 29.0 Å². The maximum Gasteiger partial charge on any atom is 0.188 e. The molecule has 0 saturated carbocycles. The van der Waals surface area contributed by atoms with Crippen LogP contribution < -0.4 is 0 Å². The van der Waals surface area contributed by atoms with E-state index in [0.717, 1.165) is 16.5 Å². The second kappa shape index (κ2) is 7.03. The minimum absolute atomic E-state index is 0.457. The van der Waals surface area contributed by atoms with Gasteiger partial charge in [0.2, 0.25) is 0 Å². The first kappa shape index (κ1) is 15.2. The van der Waals surface area contributed by atoms with Crippen molar-refractivity contribution in [3.63, 3.8) is 0 Å².